The zero-order chi connectivity index (χ0) is 15.7. The van der Waals surface area contributed by atoms with E-state index in [4.69, 9.17) is 5.73 Å². The van der Waals surface area contributed by atoms with E-state index < -0.39 is 0 Å². The van der Waals surface area contributed by atoms with Crippen LogP contribution in [0.25, 0.3) is 0 Å². The third kappa shape index (κ3) is 7.15. The van der Waals surface area contributed by atoms with Gasteiger partial charge in [-0.2, -0.15) is 0 Å². The van der Waals surface area contributed by atoms with Gasteiger partial charge in [-0.1, -0.05) is 31.2 Å². The molecule has 5 nitrogen and oxygen atoms in total. The van der Waals surface area contributed by atoms with Gasteiger partial charge in [-0.05, 0) is 31.0 Å². The van der Waals surface area contributed by atoms with E-state index in [1.54, 1.807) is 0 Å². The number of benzene rings is 1. The lowest BCUT2D eigenvalue weighted by Gasteiger charge is -2.07. The van der Waals surface area contributed by atoms with Gasteiger partial charge in [0.25, 0.3) is 0 Å². The van der Waals surface area contributed by atoms with Gasteiger partial charge in [-0.25, -0.2) is 4.99 Å². The molecule has 0 radical (unpaired) electrons. The number of anilines is 1. The third-order valence-corrected chi connectivity index (χ3v) is 2.69. The highest BCUT2D eigenvalue weighted by Crippen LogP contribution is 2.12. The third-order valence-electron chi connectivity index (χ3n) is 2.69. The molecule has 5 heteroatoms. The van der Waals surface area contributed by atoms with E-state index in [0.29, 0.717) is 25.5 Å². The van der Waals surface area contributed by atoms with E-state index in [-0.39, 0.29) is 5.91 Å². The Hall–Kier alpha value is -2.30. The minimum atomic E-state index is 0.0285. The minimum Gasteiger partial charge on any atom is -0.370 e. The van der Waals surface area contributed by atoms with Crippen LogP contribution in [0.2, 0.25) is 0 Å². The molecule has 0 unspecified atom stereocenters. The van der Waals surface area contributed by atoms with Gasteiger partial charge >= 0.3 is 0 Å². The number of carbonyl (C=O) groups is 1. The highest BCUT2D eigenvalue weighted by atomic mass is 16.1. The standard InChI is InChI=1S/C16H24N4O/c1-4-6-15(21)20-14-8-5-7-13(9-14)11-19-16(17)18-10-12(2)3/h5,7-9H,2,4,6,10-11H2,1,3H3,(H,20,21)(H3,17,18,19). The Kier molecular flexibility index (Phi) is 7.01. The molecule has 0 aliphatic carbocycles. The van der Waals surface area contributed by atoms with Gasteiger partial charge in [-0.3, -0.25) is 4.79 Å². The number of aliphatic imine (C=N–C) groups is 1. The van der Waals surface area contributed by atoms with Crippen molar-refractivity contribution in [3.63, 3.8) is 0 Å². The van der Waals surface area contributed by atoms with E-state index in [1.165, 1.54) is 0 Å². The first-order valence-corrected chi connectivity index (χ1v) is 7.08. The van der Waals surface area contributed by atoms with Gasteiger partial charge in [-0.15, -0.1) is 0 Å². The monoisotopic (exact) mass is 288 g/mol. The zero-order valence-corrected chi connectivity index (χ0v) is 12.8. The second kappa shape index (κ2) is 8.79. The lowest BCUT2D eigenvalue weighted by Crippen LogP contribution is -2.32. The molecule has 114 valence electrons. The van der Waals surface area contributed by atoms with Crippen LogP contribution < -0.4 is 16.4 Å². The van der Waals surface area contributed by atoms with E-state index in [1.807, 2.05) is 38.1 Å². The van der Waals surface area contributed by atoms with Crippen LogP contribution >= 0.6 is 0 Å². The molecule has 1 amide bonds. The molecule has 0 heterocycles. The SMILES string of the molecule is C=C(C)CNC(N)=NCc1cccc(NC(=O)CCC)c1. The molecule has 0 saturated carbocycles. The summed E-state index contributed by atoms with van der Waals surface area (Å²) in [5.41, 5.74) is 8.53. The van der Waals surface area contributed by atoms with Crippen molar-refractivity contribution in [1.29, 1.82) is 0 Å². The fourth-order valence-electron chi connectivity index (χ4n) is 1.67. The van der Waals surface area contributed by atoms with Crippen LogP contribution in [0.1, 0.15) is 32.3 Å². The highest BCUT2D eigenvalue weighted by molar-refractivity contribution is 5.90. The van der Waals surface area contributed by atoms with Crippen LogP contribution in [0.3, 0.4) is 0 Å². The van der Waals surface area contributed by atoms with Gasteiger partial charge in [0.05, 0.1) is 6.54 Å². The van der Waals surface area contributed by atoms with Crippen molar-refractivity contribution in [2.75, 3.05) is 11.9 Å². The lowest BCUT2D eigenvalue weighted by atomic mass is 10.2. The lowest BCUT2D eigenvalue weighted by molar-refractivity contribution is -0.116. The predicted molar refractivity (Wildman–Crippen MR) is 88.1 cm³/mol. The van der Waals surface area contributed by atoms with Crippen molar-refractivity contribution in [2.24, 2.45) is 10.7 Å². The Morgan fingerprint density at radius 2 is 2.19 bits per heavy atom. The molecule has 0 spiro atoms. The maximum absolute atomic E-state index is 11.6. The normalized spacial score (nSPS) is 11.0. The summed E-state index contributed by atoms with van der Waals surface area (Å²) < 4.78 is 0. The molecule has 1 rings (SSSR count). The maximum atomic E-state index is 11.6. The Morgan fingerprint density at radius 1 is 1.43 bits per heavy atom. The molecule has 0 aliphatic heterocycles. The Bertz CT molecular complexity index is 523. The first kappa shape index (κ1) is 16.8. The van der Waals surface area contributed by atoms with Crippen molar-refractivity contribution < 1.29 is 4.79 Å². The van der Waals surface area contributed by atoms with Crippen molar-refractivity contribution >= 4 is 17.6 Å². The van der Waals surface area contributed by atoms with Gasteiger partial charge < -0.3 is 16.4 Å². The number of nitrogens with one attached hydrogen (secondary N) is 2. The molecule has 1 aromatic rings. The summed E-state index contributed by atoms with van der Waals surface area (Å²) in [4.78, 5) is 15.8. The van der Waals surface area contributed by atoms with Gasteiger partial charge in [0, 0.05) is 18.7 Å². The molecule has 0 bridgehead atoms. The van der Waals surface area contributed by atoms with Crippen molar-refractivity contribution in [2.45, 2.75) is 33.2 Å². The predicted octanol–water partition coefficient (Wildman–Crippen LogP) is 2.41. The van der Waals surface area contributed by atoms with Gasteiger partial charge in [0.1, 0.15) is 0 Å². The summed E-state index contributed by atoms with van der Waals surface area (Å²) in [6.07, 6.45) is 1.36. The van der Waals surface area contributed by atoms with E-state index in [0.717, 1.165) is 23.2 Å². The Morgan fingerprint density at radius 3 is 2.86 bits per heavy atom. The maximum Gasteiger partial charge on any atom is 0.224 e. The summed E-state index contributed by atoms with van der Waals surface area (Å²) in [7, 11) is 0. The number of nitrogens with two attached hydrogens (primary N) is 1. The molecule has 0 fully saturated rings. The Labute approximate surface area is 126 Å². The highest BCUT2D eigenvalue weighted by Gasteiger charge is 2.01. The van der Waals surface area contributed by atoms with E-state index in [9.17, 15) is 4.79 Å². The van der Waals surface area contributed by atoms with Crippen molar-refractivity contribution in [1.82, 2.24) is 5.32 Å². The van der Waals surface area contributed by atoms with E-state index in [2.05, 4.69) is 22.2 Å². The quantitative estimate of drug-likeness (QED) is 0.409. The number of hydrogen-bond acceptors (Lipinski definition) is 2. The van der Waals surface area contributed by atoms with Gasteiger partial charge in [0.15, 0.2) is 5.96 Å². The van der Waals surface area contributed by atoms with Crippen LogP contribution in [0.4, 0.5) is 5.69 Å². The Balaban J connectivity index is 2.58. The van der Waals surface area contributed by atoms with Crippen LogP contribution in [0.15, 0.2) is 41.4 Å². The van der Waals surface area contributed by atoms with Crippen LogP contribution in [0.5, 0.6) is 0 Å². The first-order valence-electron chi connectivity index (χ1n) is 7.08. The number of hydrogen-bond donors (Lipinski definition) is 3. The second-order valence-electron chi connectivity index (χ2n) is 5.01. The summed E-state index contributed by atoms with van der Waals surface area (Å²) in [5.74, 6) is 0.416. The molecule has 0 saturated heterocycles. The van der Waals surface area contributed by atoms with Crippen LogP contribution in [0, 0.1) is 0 Å². The molecule has 1 aromatic carbocycles. The molecular weight excluding hydrogens is 264 g/mol. The van der Waals surface area contributed by atoms with Gasteiger partial charge in [0.2, 0.25) is 5.91 Å². The smallest absolute Gasteiger partial charge is 0.224 e. The topological polar surface area (TPSA) is 79.5 Å². The number of carbonyl (C=O) groups excluding carboxylic acids is 1. The molecule has 0 atom stereocenters. The summed E-state index contributed by atoms with van der Waals surface area (Å²) in [5, 5.41) is 5.84. The summed E-state index contributed by atoms with van der Waals surface area (Å²) in [6.45, 7) is 8.76. The molecule has 21 heavy (non-hydrogen) atoms. The first-order chi connectivity index (χ1) is 10.0. The largest absolute Gasteiger partial charge is 0.370 e. The zero-order valence-electron chi connectivity index (χ0n) is 12.8. The van der Waals surface area contributed by atoms with E-state index >= 15 is 0 Å². The van der Waals surface area contributed by atoms with Crippen LogP contribution in [-0.4, -0.2) is 18.4 Å². The van der Waals surface area contributed by atoms with Crippen molar-refractivity contribution in [3.05, 3.63) is 42.0 Å². The summed E-state index contributed by atoms with van der Waals surface area (Å²) >= 11 is 0. The number of amides is 1. The number of nitrogens with zero attached hydrogens (tertiary/aromatic N) is 1. The number of rotatable bonds is 7. The summed E-state index contributed by atoms with van der Waals surface area (Å²) in [6, 6.07) is 7.61. The fourth-order valence-corrected chi connectivity index (χ4v) is 1.67. The van der Waals surface area contributed by atoms with Crippen molar-refractivity contribution in [3.8, 4) is 0 Å². The molecule has 0 aromatic heterocycles. The average Bonchev–Trinajstić information content (AvgIpc) is 2.43. The average molecular weight is 288 g/mol. The minimum absolute atomic E-state index is 0.0285. The fraction of sp³-hybridized carbons (Fsp3) is 0.375. The van der Waals surface area contributed by atoms with Crippen LogP contribution in [-0.2, 0) is 11.3 Å². The molecule has 0 aliphatic rings. The second-order valence-corrected chi connectivity index (χ2v) is 5.01. The number of guanidine groups is 1. The molecular formula is C16H24N4O. The molecule has 4 N–H and O–H groups in total.